The van der Waals surface area contributed by atoms with E-state index in [9.17, 15) is 9.59 Å². The number of amides is 1. The average Bonchev–Trinajstić information content (AvgIpc) is 2.32. The molecule has 0 rings (SSSR count). The van der Waals surface area contributed by atoms with Crippen LogP contribution < -0.4 is 5.32 Å². The molecule has 112 valence electrons. The quantitative estimate of drug-likeness (QED) is 0.640. The van der Waals surface area contributed by atoms with Crippen LogP contribution in [-0.2, 0) is 14.3 Å². The number of carbonyl (C=O) groups excluding carboxylic acids is 1. The van der Waals surface area contributed by atoms with E-state index in [0.29, 0.717) is 25.3 Å². The number of hydrogen-bond acceptors (Lipinski definition) is 3. The van der Waals surface area contributed by atoms with Gasteiger partial charge < -0.3 is 15.2 Å². The zero-order chi connectivity index (χ0) is 14.9. The topological polar surface area (TPSA) is 75.6 Å². The molecule has 5 heteroatoms. The summed E-state index contributed by atoms with van der Waals surface area (Å²) in [6.45, 7) is 6.38. The highest BCUT2D eigenvalue weighted by Crippen LogP contribution is 2.15. The van der Waals surface area contributed by atoms with Crippen LogP contribution in [0.2, 0.25) is 0 Å². The lowest BCUT2D eigenvalue weighted by molar-refractivity contribution is -0.137. The Morgan fingerprint density at radius 2 is 1.95 bits per heavy atom. The van der Waals surface area contributed by atoms with Gasteiger partial charge in [0.1, 0.15) is 0 Å². The highest BCUT2D eigenvalue weighted by molar-refractivity contribution is 5.76. The number of hydrogen-bond donors (Lipinski definition) is 2. The fourth-order valence-electron chi connectivity index (χ4n) is 1.82. The molecule has 0 aromatic carbocycles. The average molecular weight is 273 g/mol. The van der Waals surface area contributed by atoms with E-state index in [1.165, 1.54) is 0 Å². The number of rotatable bonds is 10. The van der Waals surface area contributed by atoms with Crippen LogP contribution in [0, 0.1) is 5.92 Å². The standard InChI is InChI=1S/C14H27NO4/c1-5-11(6-7-13(17)18)8-9-15-12(16)10-14(2,3)19-4/h11H,5-10H2,1-4H3,(H,15,16)(H,17,18). The molecular formula is C14H27NO4. The zero-order valence-electron chi connectivity index (χ0n) is 12.5. The molecule has 0 aromatic rings. The fourth-order valence-corrected chi connectivity index (χ4v) is 1.82. The van der Waals surface area contributed by atoms with Crippen LogP contribution in [0.5, 0.6) is 0 Å². The molecule has 1 amide bonds. The molecule has 0 aromatic heterocycles. The second-order valence-electron chi connectivity index (χ2n) is 5.49. The van der Waals surface area contributed by atoms with Crippen LogP contribution >= 0.6 is 0 Å². The lowest BCUT2D eigenvalue weighted by Crippen LogP contribution is -2.34. The van der Waals surface area contributed by atoms with E-state index in [1.807, 2.05) is 20.8 Å². The molecule has 0 aliphatic heterocycles. The van der Waals surface area contributed by atoms with E-state index in [0.717, 1.165) is 12.8 Å². The number of nitrogens with one attached hydrogen (secondary N) is 1. The summed E-state index contributed by atoms with van der Waals surface area (Å²) in [5, 5.41) is 11.5. The third-order valence-corrected chi connectivity index (χ3v) is 3.36. The molecule has 0 aliphatic rings. The Balaban J connectivity index is 3.87. The van der Waals surface area contributed by atoms with Gasteiger partial charge in [0.05, 0.1) is 12.0 Å². The van der Waals surface area contributed by atoms with Crippen molar-refractivity contribution in [3.8, 4) is 0 Å². The van der Waals surface area contributed by atoms with Gasteiger partial charge in [-0.25, -0.2) is 0 Å². The van der Waals surface area contributed by atoms with E-state index in [2.05, 4.69) is 5.32 Å². The summed E-state index contributed by atoms with van der Waals surface area (Å²) in [6, 6.07) is 0. The summed E-state index contributed by atoms with van der Waals surface area (Å²) in [5.41, 5.74) is -0.447. The summed E-state index contributed by atoms with van der Waals surface area (Å²) < 4.78 is 5.20. The van der Waals surface area contributed by atoms with Crippen molar-refractivity contribution in [3.63, 3.8) is 0 Å². The number of carboxylic acid groups (broad SMARTS) is 1. The Kier molecular flexibility index (Phi) is 8.39. The number of carbonyl (C=O) groups is 2. The highest BCUT2D eigenvalue weighted by Gasteiger charge is 2.20. The predicted octanol–water partition coefficient (Wildman–Crippen LogP) is 2.20. The van der Waals surface area contributed by atoms with Crippen molar-refractivity contribution >= 4 is 11.9 Å². The highest BCUT2D eigenvalue weighted by atomic mass is 16.5. The molecule has 0 heterocycles. The van der Waals surface area contributed by atoms with E-state index in [1.54, 1.807) is 7.11 Å². The Morgan fingerprint density at radius 3 is 2.42 bits per heavy atom. The largest absolute Gasteiger partial charge is 0.481 e. The van der Waals surface area contributed by atoms with Crippen molar-refractivity contribution in [3.05, 3.63) is 0 Å². The van der Waals surface area contributed by atoms with E-state index >= 15 is 0 Å². The Labute approximate surface area is 115 Å². The van der Waals surface area contributed by atoms with Crippen molar-refractivity contribution in [1.82, 2.24) is 5.32 Å². The molecule has 5 nitrogen and oxygen atoms in total. The molecule has 0 bridgehead atoms. The first kappa shape index (κ1) is 17.9. The second-order valence-corrected chi connectivity index (χ2v) is 5.49. The molecule has 0 fully saturated rings. The van der Waals surface area contributed by atoms with Crippen LogP contribution in [0.3, 0.4) is 0 Å². The molecule has 1 unspecified atom stereocenters. The predicted molar refractivity (Wildman–Crippen MR) is 74.0 cm³/mol. The number of methoxy groups -OCH3 is 1. The van der Waals surface area contributed by atoms with Crippen molar-refractivity contribution in [2.24, 2.45) is 5.92 Å². The van der Waals surface area contributed by atoms with Gasteiger partial charge in [-0.05, 0) is 32.6 Å². The Morgan fingerprint density at radius 1 is 1.32 bits per heavy atom. The maximum absolute atomic E-state index is 11.7. The summed E-state index contributed by atoms with van der Waals surface area (Å²) >= 11 is 0. The molecule has 19 heavy (non-hydrogen) atoms. The third-order valence-electron chi connectivity index (χ3n) is 3.36. The third kappa shape index (κ3) is 9.47. The maximum Gasteiger partial charge on any atom is 0.303 e. The minimum atomic E-state index is -0.760. The summed E-state index contributed by atoms with van der Waals surface area (Å²) in [5.74, 6) is -0.434. The summed E-state index contributed by atoms with van der Waals surface area (Å²) in [7, 11) is 1.59. The smallest absolute Gasteiger partial charge is 0.303 e. The lowest BCUT2D eigenvalue weighted by Gasteiger charge is -2.22. The van der Waals surface area contributed by atoms with Crippen LogP contribution in [0.15, 0.2) is 0 Å². The second kappa shape index (κ2) is 8.91. The Hall–Kier alpha value is -1.10. The monoisotopic (exact) mass is 273 g/mol. The van der Waals surface area contributed by atoms with Gasteiger partial charge in [-0.1, -0.05) is 13.3 Å². The van der Waals surface area contributed by atoms with Crippen LogP contribution in [-0.4, -0.2) is 36.2 Å². The van der Waals surface area contributed by atoms with Crippen LogP contribution in [0.4, 0.5) is 0 Å². The van der Waals surface area contributed by atoms with Gasteiger partial charge in [-0.3, -0.25) is 9.59 Å². The lowest BCUT2D eigenvalue weighted by atomic mass is 9.96. The van der Waals surface area contributed by atoms with Crippen molar-refractivity contribution in [2.75, 3.05) is 13.7 Å². The van der Waals surface area contributed by atoms with E-state index in [-0.39, 0.29) is 12.3 Å². The van der Waals surface area contributed by atoms with Gasteiger partial charge in [0.15, 0.2) is 0 Å². The van der Waals surface area contributed by atoms with Gasteiger partial charge >= 0.3 is 5.97 Å². The molecule has 1 atom stereocenters. The first-order valence-electron chi connectivity index (χ1n) is 6.84. The first-order valence-corrected chi connectivity index (χ1v) is 6.84. The van der Waals surface area contributed by atoms with Crippen LogP contribution in [0.25, 0.3) is 0 Å². The van der Waals surface area contributed by atoms with Gasteiger partial charge in [-0.2, -0.15) is 0 Å². The van der Waals surface area contributed by atoms with E-state index < -0.39 is 11.6 Å². The van der Waals surface area contributed by atoms with Crippen molar-refractivity contribution in [1.29, 1.82) is 0 Å². The Bertz CT molecular complexity index is 289. The number of carboxylic acids is 1. The van der Waals surface area contributed by atoms with Gasteiger partial charge in [-0.15, -0.1) is 0 Å². The maximum atomic E-state index is 11.7. The van der Waals surface area contributed by atoms with Crippen molar-refractivity contribution < 1.29 is 19.4 Å². The number of aliphatic carboxylic acids is 1. The molecule has 0 spiro atoms. The summed E-state index contributed by atoms with van der Waals surface area (Å²) in [4.78, 5) is 22.2. The van der Waals surface area contributed by atoms with Gasteiger partial charge in [0, 0.05) is 20.1 Å². The molecule has 0 aliphatic carbocycles. The zero-order valence-corrected chi connectivity index (χ0v) is 12.5. The molecular weight excluding hydrogens is 246 g/mol. The molecule has 0 saturated heterocycles. The van der Waals surface area contributed by atoms with Gasteiger partial charge in [0.2, 0.25) is 5.91 Å². The normalized spacial score (nSPS) is 13.1. The van der Waals surface area contributed by atoms with E-state index in [4.69, 9.17) is 9.84 Å². The molecule has 2 N–H and O–H groups in total. The number of ether oxygens (including phenoxy) is 1. The minimum Gasteiger partial charge on any atom is -0.481 e. The van der Waals surface area contributed by atoms with Gasteiger partial charge in [0.25, 0.3) is 0 Å². The SMILES string of the molecule is CCC(CCNC(=O)CC(C)(C)OC)CCC(=O)O. The fraction of sp³-hybridized carbons (Fsp3) is 0.857. The molecule has 0 radical (unpaired) electrons. The van der Waals surface area contributed by atoms with Crippen molar-refractivity contribution in [2.45, 2.75) is 58.5 Å². The van der Waals surface area contributed by atoms with Crippen LogP contribution in [0.1, 0.15) is 52.9 Å². The first-order chi connectivity index (χ1) is 8.80. The summed E-state index contributed by atoms with van der Waals surface area (Å²) in [6.07, 6.45) is 2.96. The minimum absolute atomic E-state index is 0.0278. The molecule has 0 saturated carbocycles.